The van der Waals surface area contributed by atoms with Crippen LogP contribution in [0.15, 0.2) is 158 Å². The van der Waals surface area contributed by atoms with Crippen LogP contribution in [0.25, 0.3) is 12.2 Å². The molecule has 42 heavy (non-hydrogen) atoms. The van der Waals surface area contributed by atoms with Gasteiger partial charge in [0.2, 0.25) is 0 Å². The second-order valence-corrected chi connectivity index (χ2v) is 10.5. The Hall–Kier alpha value is -5.34. The van der Waals surface area contributed by atoms with Crippen LogP contribution in [0.5, 0.6) is 0 Å². The van der Waals surface area contributed by atoms with Gasteiger partial charge in [-0.25, -0.2) is 0 Å². The van der Waals surface area contributed by atoms with E-state index in [0.717, 1.165) is 39.6 Å². The number of anilines is 6. The number of nitrogens with zero attached hydrogens (tertiary/aromatic N) is 2. The van der Waals surface area contributed by atoms with E-state index in [-0.39, 0.29) is 0 Å². The fraction of sp³-hybridized carbons (Fsp3) is 0.0500. The van der Waals surface area contributed by atoms with Gasteiger partial charge in [-0.15, -0.1) is 0 Å². The topological polar surface area (TPSA) is 6.48 Å². The molecule has 0 spiro atoms. The Morgan fingerprint density at radius 3 is 1.00 bits per heavy atom. The van der Waals surface area contributed by atoms with E-state index in [1.54, 1.807) is 0 Å². The molecule has 0 amide bonds. The highest BCUT2D eigenvalue weighted by atomic mass is 15.1. The first kappa shape index (κ1) is 26.9. The monoisotopic (exact) mass is 542 g/mol. The summed E-state index contributed by atoms with van der Waals surface area (Å²) in [7, 11) is 0. The molecular formula is C40H34N2. The Bertz CT molecular complexity index is 1700. The van der Waals surface area contributed by atoms with Gasteiger partial charge in [0.1, 0.15) is 0 Å². The van der Waals surface area contributed by atoms with Crippen molar-refractivity contribution in [1.29, 1.82) is 0 Å². The van der Waals surface area contributed by atoms with Gasteiger partial charge < -0.3 is 9.80 Å². The molecule has 0 N–H and O–H groups in total. The average molecular weight is 543 g/mol. The Morgan fingerprint density at radius 1 is 0.333 bits per heavy atom. The van der Waals surface area contributed by atoms with Crippen LogP contribution in [0.3, 0.4) is 0 Å². The first-order chi connectivity index (χ1) is 20.6. The van der Waals surface area contributed by atoms with Gasteiger partial charge in [-0.3, -0.25) is 0 Å². The zero-order valence-corrected chi connectivity index (χ0v) is 24.1. The second kappa shape index (κ2) is 12.4. The fourth-order valence-corrected chi connectivity index (χ4v) is 5.37. The standard InChI is InChI=1S/C40H34N2/c1-31-28-32(2)30-40(29-31)42(37-16-10-5-11-17-37)39-26-22-34(23-27-39)19-18-33-20-24-38(25-21-33)41(35-12-6-3-7-13-35)36-14-8-4-9-15-36/h3-30H,1-2H3/b19-18+. The summed E-state index contributed by atoms with van der Waals surface area (Å²) in [6, 6.07) is 55.7. The summed E-state index contributed by atoms with van der Waals surface area (Å²) in [4.78, 5) is 4.60. The number of benzene rings is 6. The van der Waals surface area contributed by atoms with E-state index in [9.17, 15) is 0 Å². The lowest BCUT2D eigenvalue weighted by molar-refractivity contribution is 1.25. The number of para-hydroxylation sites is 3. The van der Waals surface area contributed by atoms with Gasteiger partial charge in [-0.1, -0.05) is 97.1 Å². The quantitative estimate of drug-likeness (QED) is 0.176. The lowest BCUT2D eigenvalue weighted by Gasteiger charge is -2.26. The van der Waals surface area contributed by atoms with Crippen molar-refractivity contribution in [2.24, 2.45) is 0 Å². The summed E-state index contributed by atoms with van der Waals surface area (Å²) >= 11 is 0. The Labute approximate surface area is 249 Å². The van der Waals surface area contributed by atoms with Crippen LogP contribution in [0.2, 0.25) is 0 Å². The van der Waals surface area contributed by atoms with E-state index in [1.807, 2.05) is 0 Å². The molecule has 0 bridgehead atoms. The molecular weight excluding hydrogens is 508 g/mol. The van der Waals surface area contributed by atoms with Crippen molar-refractivity contribution < 1.29 is 0 Å². The molecule has 2 heteroatoms. The first-order valence-corrected chi connectivity index (χ1v) is 14.4. The van der Waals surface area contributed by atoms with Gasteiger partial charge in [0.15, 0.2) is 0 Å². The molecule has 0 fully saturated rings. The maximum Gasteiger partial charge on any atom is 0.0466 e. The van der Waals surface area contributed by atoms with Gasteiger partial charge >= 0.3 is 0 Å². The SMILES string of the molecule is Cc1cc(C)cc(N(c2ccccc2)c2ccc(/C=C/c3ccc(N(c4ccccc4)c4ccccc4)cc3)cc2)c1. The molecule has 0 aliphatic heterocycles. The lowest BCUT2D eigenvalue weighted by atomic mass is 10.1. The molecule has 6 rings (SSSR count). The van der Waals surface area contributed by atoms with E-state index in [4.69, 9.17) is 0 Å². The summed E-state index contributed by atoms with van der Waals surface area (Å²) in [5.41, 5.74) is 11.7. The zero-order chi connectivity index (χ0) is 28.7. The van der Waals surface area contributed by atoms with Crippen molar-refractivity contribution in [1.82, 2.24) is 0 Å². The van der Waals surface area contributed by atoms with Gasteiger partial charge in [0.05, 0.1) is 0 Å². The zero-order valence-electron chi connectivity index (χ0n) is 24.1. The normalized spacial score (nSPS) is 11.0. The molecule has 0 aliphatic carbocycles. The highest BCUT2D eigenvalue weighted by Gasteiger charge is 2.13. The summed E-state index contributed by atoms with van der Waals surface area (Å²) in [6.07, 6.45) is 4.35. The summed E-state index contributed by atoms with van der Waals surface area (Å²) < 4.78 is 0. The van der Waals surface area contributed by atoms with E-state index < -0.39 is 0 Å². The van der Waals surface area contributed by atoms with Gasteiger partial charge in [-0.2, -0.15) is 0 Å². The van der Waals surface area contributed by atoms with E-state index in [2.05, 4.69) is 194 Å². The van der Waals surface area contributed by atoms with Crippen LogP contribution in [0.1, 0.15) is 22.3 Å². The largest absolute Gasteiger partial charge is 0.311 e. The van der Waals surface area contributed by atoms with Crippen LogP contribution in [-0.2, 0) is 0 Å². The fourth-order valence-electron chi connectivity index (χ4n) is 5.37. The van der Waals surface area contributed by atoms with Crippen molar-refractivity contribution in [3.63, 3.8) is 0 Å². The van der Waals surface area contributed by atoms with E-state index in [0.29, 0.717) is 0 Å². The molecule has 0 heterocycles. The van der Waals surface area contributed by atoms with Crippen LogP contribution in [0, 0.1) is 13.8 Å². The average Bonchev–Trinajstić information content (AvgIpc) is 3.03. The van der Waals surface area contributed by atoms with Gasteiger partial charge in [0.25, 0.3) is 0 Å². The van der Waals surface area contributed by atoms with Crippen LogP contribution >= 0.6 is 0 Å². The van der Waals surface area contributed by atoms with Crippen LogP contribution in [-0.4, -0.2) is 0 Å². The Morgan fingerprint density at radius 2 is 0.643 bits per heavy atom. The Kier molecular flexibility index (Phi) is 7.96. The molecule has 0 aliphatic rings. The van der Waals surface area contributed by atoms with Crippen molar-refractivity contribution in [2.75, 3.05) is 9.80 Å². The number of hydrogen-bond acceptors (Lipinski definition) is 2. The molecule has 0 saturated carbocycles. The highest BCUT2D eigenvalue weighted by Crippen LogP contribution is 2.36. The van der Waals surface area contributed by atoms with Crippen LogP contribution in [0.4, 0.5) is 34.1 Å². The van der Waals surface area contributed by atoms with Gasteiger partial charge in [-0.05, 0) is 109 Å². The summed E-state index contributed by atoms with van der Waals surface area (Å²) in [6.45, 7) is 4.31. The third kappa shape index (κ3) is 6.19. The van der Waals surface area contributed by atoms with Crippen LogP contribution < -0.4 is 9.80 Å². The van der Waals surface area contributed by atoms with Crippen molar-refractivity contribution in [3.05, 3.63) is 180 Å². The van der Waals surface area contributed by atoms with E-state index >= 15 is 0 Å². The number of hydrogen-bond donors (Lipinski definition) is 0. The summed E-state index contributed by atoms with van der Waals surface area (Å²) in [5, 5.41) is 0. The van der Waals surface area contributed by atoms with Gasteiger partial charge in [0, 0.05) is 34.1 Å². The molecule has 0 atom stereocenters. The summed E-state index contributed by atoms with van der Waals surface area (Å²) in [5.74, 6) is 0. The van der Waals surface area contributed by atoms with Crippen molar-refractivity contribution in [2.45, 2.75) is 13.8 Å². The molecule has 6 aromatic rings. The minimum absolute atomic E-state index is 1.13. The molecule has 0 saturated heterocycles. The number of aryl methyl sites for hydroxylation is 2. The minimum Gasteiger partial charge on any atom is -0.311 e. The smallest absolute Gasteiger partial charge is 0.0466 e. The Balaban J connectivity index is 1.24. The number of rotatable bonds is 8. The molecule has 0 aromatic heterocycles. The second-order valence-electron chi connectivity index (χ2n) is 10.5. The van der Waals surface area contributed by atoms with Crippen molar-refractivity contribution >= 4 is 46.3 Å². The maximum atomic E-state index is 2.32. The predicted octanol–water partition coefficient (Wildman–Crippen LogP) is 11.4. The molecule has 0 radical (unpaired) electrons. The highest BCUT2D eigenvalue weighted by molar-refractivity contribution is 5.80. The minimum atomic E-state index is 1.13. The lowest BCUT2D eigenvalue weighted by Crippen LogP contribution is -2.10. The first-order valence-electron chi connectivity index (χ1n) is 14.4. The maximum absolute atomic E-state index is 2.32. The predicted molar refractivity (Wildman–Crippen MR) is 181 cm³/mol. The third-order valence-corrected chi connectivity index (χ3v) is 7.28. The molecule has 6 aromatic carbocycles. The molecule has 0 unspecified atom stereocenters. The molecule has 2 nitrogen and oxygen atoms in total. The van der Waals surface area contributed by atoms with Crippen molar-refractivity contribution in [3.8, 4) is 0 Å². The third-order valence-electron chi connectivity index (χ3n) is 7.28. The molecule has 204 valence electrons. The van der Waals surface area contributed by atoms with E-state index in [1.165, 1.54) is 16.8 Å².